The van der Waals surface area contributed by atoms with E-state index in [0.717, 1.165) is 22.3 Å². The van der Waals surface area contributed by atoms with Gasteiger partial charge >= 0.3 is 0 Å². The average molecular weight is 377 g/mol. The van der Waals surface area contributed by atoms with Crippen LogP contribution in [0.4, 0.5) is 0 Å². The van der Waals surface area contributed by atoms with Crippen LogP contribution in [0.15, 0.2) is 42.5 Å². The molecule has 1 heterocycles. The first kappa shape index (κ1) is 19.3. The summed E-state index contributed by atoms with van der Waals surface area (Å²) < 4.78 is 5.90. The van der Waals surface area contributed by atoms with Crippen LogP contribution in [0, 0.1) is 0 Å². The van der Waals surface area contributed by atoms with Crippen molar-refractivity contribution in [3.63, 3.8) is 0 Å². The molecule has 5 heteroatoms. The van der Waals surface area contributed by atoms with Crippen LogP contribution in [0.5, 0.6) is 0 Å². The van der Waals surface area contributed by atoms with Crippen LogP contribution in [-0.4, -0.2) is 40.7 Å². The maximum absolute atomic E-state index is 10.0. The lowest BCUT2D eigenvalue weighted by atomic mass is 9.94. The third-order valence-electron chi connectivity index (χ3n) is 4.84. The Kier molecular flexibility index (Phi) is 6.68. The molecule has 0 spiro atoms. The topological polar surface area (TPSA) is 69.9 Å². The monoisotopic (exact) mass is 376 g/mol. The zero-order valence-electron chi connectivity index (χ0n) is 14.6. The lowest BCUT2D eigenvalue weighted by Crippen LogP contribution is -2.33. The van der Waals surface area contributed by atoms with Crippen LogP contribution in [-0.2, 0) is 17.6 Å². The molecule has 1 saturated heterocycles. The molecule has 1 aliphatic rings. The van der Waals surface area contributed by atoms with E-state index in [-0.39, 0.29) is 25.4 Å². The van der Waals surface area contributed by atoms with Crippen molar-refractivity contribution in [1.29, 1.82) is 0 Å². The third-order valence-corrected chi connectivity index (χ3v) is 5.21. The van der Waals surface area contributed by atoms with E-state index < -0.39 is 6.10 Å². The number of hydrogen-bond acceptors (Lipinski definition) is 4. The first-order chi connectivity index (χ1) is 12.6. The van der Waals surface area contributed by atoms with Gasteiger partial charge in [0, 0.05) is 24.5 Å². The predicted octanol–water partition coefficient (Wildman–Crippen LogP) is 3.04. The van der Waals surface area contributed by atoms with E-state index in [1.807, 2.05) is 30.3 Å². The highest BCUT2D eigenvalue weighted by Crippen LogP contribution is 2.33. The number of ether oxygens (including phenoxy) is 1. The molecule has 26 heavy (non-hydrogen) atoms. The van der Waals surface area contributed by atoms with E-state index in [1.165, 1.54) is 0 Å². The lowest BCUT2D eigenvalue weighted by Gasteiger charge is -2.32. The highest BCUT2D eigenvalue weighted by Gasteiger charge is 2.29. The van der Waals surface area contributed by atoms with Crippen LogP contribution in [0.1, 0.15) is 41.2 Å². The molecular formula is C21H25ClO4. The van der Waals surface area contributed by atoms with Gasteiger partial charge in [0.05, 0.1) is 24.9 Å². The molecule has 0 aliphatic carbocycles. The Hall–Kier alpha value is -1.43. The largest absolute Gasteiger partial charge is 0.396 e. The fourth-order valence-electron chi connectivity index (χ4n) is 3.43. The Morgan fingerprint density at radius 2 is 1.73 bits per heavy atom. The lowest BCUT2D eigenvalue weighted by molar-refractivity contribution is -0.113. The van der Waals surface area contributed by atoms with Crippen molar-refractivity contribution in [3.05, 3.63) is 69.7 Å². The molecule has 0 saturated carbocycles. The van der Waals surface area contributed by atoms with Gasteiger partial charge in [-0.1, -0.05) is 48.0 Å². The molecule has 0 amide bonds. The second-order valence-electron chi connectivity index (χ2n) is 6.87. The summed E-state index contributed by atoms with van der Waals surface area (Å²) in [6.45, 7) is 0.0590. The second-order valence-corrected chi connectivity index (χ2v) is 7.28. The Morgan fingerprint density at radius 3 is 2.42 bits per heavy atom. The molecule has 2 aromatic rings. The van der Waals surface area contributed by atoms with Gasteiger partial charge in [-0.25, -0.2) is 0 Å². The quantitative estimate of drug-likeness (QED) is 0.724. The minimum atomic E-state index is -0.468. The van der Waals surface area contributed by atoms with E-state index in [2.05, 4.69) is 12.1 Å². The van der Waals surface area contributed by atoms with Gasteiger partial charge in [0.15, 0.2) is 0 Å². The summed E-state index contributed by atoms with van der Waals surface area (Å²) in [5.41, 5.74) is 4.22. The van der Waals surface area contributed by atoms with Gasteiger partial charge in [-0.2, -0.15) is 0 Å². The predicted molar refractivity (Wildman–Crippen MR) is 101 cm³/mol. The molecule has 140 valence electrons. The van der Waals surface area contributed by atoms with E-state index >= 15 is 0 Å². The fourth-order valence-corrected chi connectivity index (χ4v) is 3.61. The van der Waals surface area contributed by atoms with E-state index in [4.69, 9.17) is 21.4 Å². The van der Waals surface area contributed by atoms with Crippen molar-refractivity contribution in [2.75, 3.05) is 13.2 Å². The Balaban J connectivity index is 1.77. The summed E-state index contributed by atoms with van der Waals surface area (Å²) in [7, 11) is 0. The molecule has 3 N–H and O–H groups in total. The van der Waals surface area contributed by atoms with E-state index in [0.29, 0.717) is 30.7 Å². The summed E-state index contributed by atoms with van der Waals surface area (Å²) in [5, 5.41) is 29.1. The summed E-state index contributed by atoms with van der Waals surface area (Å²) in [6.07, 6.45) is 1.31. The van der Waals surface area contributed by atoms with Crippen molar-refractivity contribution in [2.45, 2.75) is 44.0 Å². The van der Waals surface area contributed by atoms with Crippen molar-refractivity contribution >= 4 is 11.6 Å². The third kappa shape index (κ3) is 4.84. The van der Waals surface area contributed by atoms with E-state index in [9.17, 15) is 10.2 Å². The molecule has 2 aromatic carbocycles. The molecule has 1 aliphatic heterocycles. The Morgan fingerprint density at radius 1 is 1.00 bits per heavy atom. The van der Waals surface area contributed by atoms with Gasteiger partial charge in [-0.15, -0.1) is 0 Å². The van der Waals surface area contributed by atoms with Gasteiger partial charge in [0.2, 0.25) is 0 Å². The maximum atomic E-state index is 10.0. The molecule has 3 rings (SSSR count). The maximum Gasteiger partial charge on any atom is 0.0854 e. The number of hydrogen-bond donors (Lipinski definition) is 3. The van der Waals surface area contributed by atoms with Gasteiger partial charge < -0.3 is 20.1 Å². The smallest absolute Gasteiger partial charge is 0.0854 e. The standard InChI is InChI=1S/C21H25ClO4/c22-20-6-5-16(21-12-18(25)11-19(13-24)26-21)10-17(20)9-15-3-1-14(2-4-15)7-8-23/h1-6,10,18-19,21,23-25H,7-9,11-13H2/t18?,19-,21+/m0/s1. The Bertz CT molecular complexity index is 716. The number of aliphatic hydroxyl groups is 3. The number of halogens is 1. The SMILES string of the molecule is OCCc1ccc(Cc2cc([C@H]3CC(O)C[C@@H](CO)O3)ccc2Cl)cc1. The van der Waals surface area contributed by atoms with Gasteiger partial charge in [-0.05, 0) is 41.2 Å². The number of rotatable bonds is 6. The molecule has 0 aromatic heterocycles. The van der Waals surface area contributed by atoms with Gasteiger partial charge in [0.25, 0.3) is 0 Å². The van der Waals surface area contributed by atoms with Crippen molar-refractivity contribution in [1.82, 2.24) is 0 Å². The zero-order valence-corrected chi connectivity index (χ0v) is 15.4. The molecule has 3 atom stereocenters. The van der Waals surface area contributed by atoms with Gasteiger partial charge in [-0.3, -0.25) is 0 Å². The first-order valence-corrected chi connectivity index (χ1v) is 9.38. The van der Waals surface area contributed by atoms with Crippen molar-refractivity contribution < 1.29 is 20.1 Å². The first-order valence-electron chi connectivity index (χ1n) is 9.00. The van der Waals surface area contributed by atoms with Crippen LogP contribution < -0.4 is 0 Å². The summed E-state index contributed by atoms with van der Waals surface area (Å²) in [4.78, 5) is 0. The zero-order chi connectivity index (χ0) is 18.5. The van der Waals surface area contributed by atoms with E-state index in [1.54, 1.807) is 0 Å². The van der Waals surface area contributed by atoms with Crippen LogP contribution >= 0.6 is 11.6 Å². The van der Waals surface area contributed by atoms with Crippen molar-refractivity contribution in [3.8, 4) is 0 Å². The van der Waals surface area contributed by atoms with Crippen LogP contribution in [0.2, 0.25) is 5.02 Å². The molecule has 4 nitrogen and oxygen atoms in total. The van der Waals surface area contributed by atoms with Crippen LogP contribution in [0.3, 0.4) is 0 Å². The summed E-state index contributed by atoms with van der Waals surface area (Å²) in [5.74, 6) is 0. The minimum Gasteiger partial charge on any atom is -0.396 e. The van der Waals surface area contributed by atoms with Gasteiger partial charge in [0.1, 0.15) is 0 Å². The molecule has 0 bridgehead atoms. The highest BCUT2D eigenvalue weighted by molar-refractivity contribution is 6.31. The molecule has 0 radical (unpaired) electrons. The average Bonchev–Trinajstić information content (AvgIpc) is 2.64. The minimum absolute atomic E-state index is 0.0891. The molecular weight excluding hydrogens is 352 g/mol. The number of benzene rings is 2. The highest BCUT2D eigenvalue weighted by atomic mass is 35.5. The Labute approximate surface area is 159 Å². The number of aliphatic hydroxyl groups excluding tert-OH is 3. The molecule has 1 fully saturated rings. The normalized spacial score (nSPS) is 23.2. The fraction of sp³-hybridized carbons (Fsp3) is 0.429. The molecule has 1 unspecified atom stereocenters. The second kappa shape index (κ2) is 8.98. The van der Waals surface area contributed by atoms with Crippen molar-refractivity contribution in [2.24, 2.45) is 0 Å². The summed E-state index contributed by atoms with van der Waals surface area (Å²) in [6, 6.07) is 14.0. The van der Waals surface area contributed by atoms with Crippen LogP contribution in [0.25, 0.3) is 0 Å². The summed E-state index contributed by atoms with van der Waals surface area (Å²) >= 11 is 6.39.